The van der Waals surface area contributed by atoms with E-state index in [1.165, 1.54) is 11.1 Å². The van der Waals surface area contributed by atoms with Crippen LogP contribution in [0, 0.1) is 0 Å². The third-order valence-electron chi connectivity index (χ3n) is 3.44. The van der Waals surface area contributed by atoms with Crippen LogP contribution in [0.25, 0.3) is 0 Å². The van der Waals surface area contributed by atoms with Crippen LogP contribution in [0.5, 0.6) is 0 Å². The molecular weight excluding hydrogens is 246 g/mol. The van der Waals surface area contributed by atoms with E-state index in [-0.39, 0.29) is 18.2 Å². The molecule has 0 aliphatic rings. The van der Waals surface area contributed by atoms with E-state index in [0.29, 0.717) is 0 Å². The Labute approximate surface area is 121 Å². The molecule has 1 atom stereocenters. The summed E-state index contributed by atoms with van der Waals surface area (Å²) in [5, 5.41) is 13.1. The fourth-order valence-corrected chi connectivity index (χ4v) is 2.30. The van der Waals surface area contributed by atoms with Gasteiger partial charge in [-0.1, -0.05) is 60.7 Å². The van der Waals surface area contributed by atoms with Crippen molar-refractivity contribution in [3.05, 3.63) is 71.8 Å². The molecule has 0 aromatic heterocycles. The quantitative estimate of drug-likeness (QED) is 0.843. The molecule has 2 nitrogen and oxygen atoms in total. The molecule has 0 aliphatic carbocycles. The Kier molecular flexibility index (Phi) is 4.94. The van der Waals surface area contributed by atoms with E-state index in [4.69, 9.17) is 0 Å². The van der Waals surface area contributed by atoms with E-state index in [1.54, 1.807) is 0 Å². The molecule has 0 spiro atoms. The highest BCUT2D eigenvalue weighted by Gasteiger charge is 2.22. The van der Waals surface area contributed by atoms with Crippen LogP contribution >= 0.6 is 0 Å². The van der Waals surface area contributed by atoms with Gasteiger partial charge in [-0.2, -0.15) is 0 Å². The van der Waals surface area contributed by atoms with Crippen LogP contribution in [0.15, 0.2) is 60.7 Å². The van der Waals surface area contributed by atoms with Crippen LogP contribution in [0.2, 0.25) is 0 Å². The summed E-state index contributed by atoms with van der Waals surface area (Å²) in [6, 6.07) is 21.0. The summed E-state index contributed by atoms with van der Waals surface area (Å²) in [5.74, 6) is 0. The second-order valence-corrected chi connectivity index (χ2v) is 5.84. The van der Waals surface area contributed by atoms with Crippen LogP contribution in [0.3, 0.4) is 0 Å². The second kappa shape index (κ2) is 6.69. The molecule has 2 aromatic rings. The van der Waals surface area contributed by atoms with E-state index in [1.807, 2.05) is 26.0 Å². The summed E-state index contributed by atoms with van der Waals surface area (Å²) in [5.41, 5.74) is 2.25. The number of rotatable bonds is 6. The first-order chi connectivity index (χ1) is 9.61. The Balaban J connectivity index is 2.21. The van der Waals surface area contributed by atoms with E-state index in [2.05, 4.69) is 53.8 Å². The van der Waals surface area contributed by atoms with Gasteiger partial charge in [-0.3, -0.25) is 0 Å². The van der Waals surface area contributed by atoms with Gasteiger partial charge in [0.05, 0.1) is 6.61 Å². The van der Waals surface area contributed by atoms with Crippen molar-refractivity contribution in [2.24, 2.45) is 0 Å². The maximum atomic E-state index is 9.49. The number of hydrogen-bond acceptors (Lipinski definition) is 2. The minimum Gasteiger partial charge on any atom is -0.394 e. The number of benzene rings is 2. The Morgan fingerprint density at radius 1 is 0.950 bits per heavy atom. The molecule has 2 aromatic carbocycles. The first-order valence-electron chi connectivity index (χ1n) is 7.08. The van der Waals surface area contributed by atoms with Crippen molar-refractivity contribution in [3.8, 4) is 0 Å². The third kappa shape index (κ3) is 4.19. The lowest BCUT2D eigenvalue weighted by atomic mass is 9.95. The molecule has 0 heterocycles. The van der Waals surface area contributed by atoms with E-state index >= 15 is 0 Å². The zero-order valence-corrected chi connectivity index (χ0v) is 12.2. The maximum absolute atomic E-state index is 9.49. The fourth-order valence-electron chi connectivity index (χ4n) is 2.30. The monoisotopic (exact) mass is 269 g/mol. The molecule has 0 saturated carbocycles. The van der Waals surface area contributed by atoms with Crippen molar-refractivity contribution in [3.63, 3.8) is 0 Å². The zero-order valence-electron chi connectivity index (χ0n) is 12.2. The van der Waals surface area contributed by atoms with Gasteiger partial charge >= 0.3 is 0 Å². The van der Waals surface area contributed by atoms with Gasteiger partial charge in [-0.25, -0.2) is 0 Å². The Morgan fingerprint density at radius 3 is 2.05 bits per heavy atom. The number of hydrogen-bond donors (Lipinski definition) is 2. The molecule has 0 saturated heterocycles. The predicted octanol–water partition coefficient (Wildman–Crippen LogP) is 3.33. The van der Waals surface area contributed by atoms with Gasteiger partial charge < -0.3 is 10.4 Å². The van der Waals surface area contributed by atoms with Crippen molar-refractivity contribution >= 4 is 0 Å². The summed E-state index contributed by atoms with van der Waals surface area (Å²) in [7, 11) is 0. The molecular formula is C18H23NO. The van der Waals surface area contributed by atoms with E-state index in [0.717, 1.165) is 6.42 Å². The lowest BCUT2D eigenvalue weighted by molar-refractivity contribution is 0.174. The summed E-state index contributed by atoms with van der Waals surface area (Å²) in [4.78, 5) is 0. The smallest absolute Gasteiger partial charge is 0.0608 e. The van der Waals surface area contributed by atoms with Crippen molar-refractivity contribution in [1.82, 2.24) is 5.32 Å². The Bertz CT molecular complexity index is 507. The van der Waals surface area contributed by atoms with Gasteiger partial charge in [0.25, 0.3) is 0 Å². The van der Waals surface area contributed by atoms with Crippen LogP contribution in [-0.2, 0) is 6.42 Å². The minimum atomic E-state index is -0.296. The highest BCUT2D eigenvalue weighted by molar-refractivity contribution is 5.24. The average Bonchev–Trinajstić information content (AvgIpc) is 2.48. The zero-order chi connectivity index (χ0) is 14.4. The molecule has 2 heteroatoms. The van der Waals surface area contributed by atoms with Crippen molar-refractivity contribution in [1.29, 1.82) is 0 Å². The van der Waals surface area contributed by atoms with Gasteiger partial charge in [-0.05, 0) is 31.4 Å². The van der Waals surface area contributed by atoms with E-state index < -0.39 is 0 Å². The van der Waals surface area contributed by atoms with Crippen LogP contribution in [-0.4, -0.2) is 17.3 Å². The van der Waals surface area contributed by atoms with Crippen LogP contribution in [0.4, 0.5) is 0 Å². The standard InChI is InChI=1S/C18H23NO/c1-18(2,14-20)19-17(16-11-7-4-8-12-16)13-15-9-5-3-6-10-15/h3-12,17,19-20H,13-14H2,1-2H3/t17-/m0/s1. The first-order valence-corrected chi connectivity index (χ1v) is 7.08. The van der Waals surface area contributed by atoms with Gasteiger partial charge in [0.2, 0.25) is 0 Å². The highest BCUT2D eigenvalue weighted by Crippen LogP contribution is 2.21. The van der Waals surface area contributed by atoms with Gasteiger partial charge in [0.15, 0.2) is 0 Å². The van der Waals surface area contributed by atoms with Crippen molar-refractivity contribution in [2.45, 2.75) is 31.8 Å². The SMILES string of the molecule is CC(C)(CO)N[C@@H](Cc1ccccc1)c1ccccc1. The second-order valence-electron chi connectivity index (χ2n) is 5.84. The normalized spacial score (nSPS) is 13.2. The predicted molar refractivity (Wildman–Crippen MR) is 83.6 cm³/mol. The van der Waals surface area contributed by atoms with Crippen molar-refractivity contribution in [2.75, 3.05) is 6.61 Å². The molecule has 2 rings (SSSR count). The third-order valence-corrected chi connectivity index (χ3v) is 3.44. The van der Waals surface area contributed by atoms with Crippen molar-refractivity contribution < 1.29 is 5.11 Å². The summed E-state index contributed by atoms with van der Waals surface area (Å²) < 4.78 is 0. The molecule has 0 unspecified atom stereocenters. The van der Waals surface area contributed by atoms with E-state index in [9.17, 15) is 5.11 Å². The molecule has 0 aliphatic heterocycles. The average molecular weight is 269 g/mol. The summed E-state index contributed by atoms with van der Waals surface area (Å²) >= 11 is 0. The lowest BCUT2D eigenvalue weighted by Crippen LogP contribution is -2.45. The molecule has 0 bridgehead atoms. The molecule has 20 heavy (non-hydrogen) atoms. The lowest BCUT2D eigenvalue weighted by Gasteiger charge is -2.31. The molecule has 2 N–H and O–H groups in total. The Morgan fingerprint density at radius 2 is 1.50 bits per heavy atom. The van der Waals surface area contributed by atoms with Gasteiger partial charge in [-0.15, -0.1) is 0 Å². The molecule has 106 valence electrons. The Hall–Kier alpha value is -1.64. The fraction of sp³-hybridized carbons (Fsp3) is 0.333. The van der Waals surface area contributed by atoms with Crippen LogP contribution in [0.1, 0.15) is 31.0 Å². The number of aliphatic hydroxyl groups excluding tert-OH is 1. The number of nitrogens with one attached hydrogen (secondary N) is 1. The maximum Gasteiger partial charge on any atom is 0.0608 e. The summed E-state index contributed by atoms with van der Waals surface area (Å²) in [6.45, 7) is 4.16. The van der Waals surface area contributed by atoms with Crippen LogP contribution < -0.4 is 5.32 Å². The first kappa shape index (κ1) is 14.8. The molecule has 0 radical (unpaired) electrons. The topological polar surface area (TPSA) is 32.3 Å². The minimum absolute atomic E-state index is 0.116. The molecule has 0 fully saturated rings. The largest absolute Gasteiger partial charge is 0.394 e. The number of aliphatic hydroxyl groups is 1. The van der Waals surface area contributed by atoms with Gasteiger partial charge in [0, 0.05) is 11.6 Å². The highest BCUT2D eigenvalue weighted by atomic mass is 16.3. The van der Waals surface area contributed by atoms with Gasteiger partial charge in [0.1, 0.15) is 0 Å². The summed E-state index contributed by atoms with van der Waals surface area (Å²) in [6.07, 6.45) is 0.911. The molecule has 0 amide bonds.